The van der Waals surface area contributed by atoms with Crippen LogP contribution in [0.1, 0.15) is 23.8 Å². The van der Waals surface area contributed by atoms with Gasteiger partial charge in [0.05, 0.1) is 12.6 Å². The second-order valence-electron chi connectivity index (χ2n) is 8.00. The predicted octanol–water partition coefficient (Wildman–Crippen LogP) is 2.62. The van der Waals surface area contributed by atoms with Crippen molar-refractivity contribution in [2.45, 2.75) is 19.4 Å². The first-order chi connectivity index (χ1) is 17.0. The highest BCUT2D eigenvalue weighted by molar-refractivity contribution is 7.80. The lowest BCUT2D eigenvalue weighted by molar-refractivity contribution is 0.101. The van der Waals surface area contributed by atoms with Gasteiger partial charge < -0.3 is 24.6 Å². The molecule has 1 fully saturated rings. The van der Waals surface area contributed by atoms with E-state index in [-0.39, 0.29) is 32.7 Å². The Morgan fingerprint density at radius 3 is 2.39 bits per heavy atom. The monoisotopic (exact) mass is 536 g/mol. The maximum Gasteiger partial charge on any atom is 0.409 e. The fourth-order valence-electron chi connectivity index (χ4n) is 4.12. The predicted molar refractivity (Wildman–Crippen MR) is 120 cm³/mol. The number of likely N-dealkylation sites (tertiary alicyclic amines) is 1. The number of aromatic nitrogens is 1. The molecule has 3 rings (SSSR count). The lowest BCUT2D eigenvalue weighted by Crippen LogP contribution is -2.43. The number of nitrogens with zero attached hydrogens (tertiary/aromatic N) is 3. The van der Waals surface area contributed by atoms with Crippen molar-refractivity contribution < 1.29 is 45.8 Å². The third kappa shape index (κ3) is 5.47. The number of aryl methyl sites for hydroxylation is 1. The zero-order chi connectivity index (χ0) is 26.7. The molecule has 36 heavy (non-hydrogen) atoms. The number of aliphatic hydroxyl groups is 1. The van der Waals surface area contributed by atoms with E-state index in [0.717, 1.165) is 15.1 Å². The minimum Gasteiger partial charge on any atom is -0.450 e. The minimum atomic E-state index is -2.82. The van der Waals surface area contributed by atoms with E-state index < -0.39 is 75.6 Å². The SMILES string of the molecule is CCOC(=O)N1CC(CCO)C(N(c2cn(C)c(C(=O)Nc3cc(F)c(F)c(F)c3)c2F)S(=O)O)C1. The number of ether oxygens (including phenoxy) is 1. The highest BCUT2D eigenvalue weighted by Gasteiger charge is 2.43. The van der Waals surface area contributed by atoms with Gasteiger partial charge in [0, 0.05) is 56.7 Å². The number of hydrogen-bond acceptors (Lipinski definition) is 5. The first-order valence-corrected chi connectivity index (χ1v) is 11.8. The number of nitrogens with one attached hydrogen (secondary N) is 1. The van der Waals surface area contributed by atoms with Crippen LogP contribution >= 0.6 is 0 Å². The normalized spacial score (nSPS) is 18.3. The summed E-state index contributed by atoms with van der Waals surface area (Å²) in [5.74, 6) is -7.81. The largest absolute Gasteiger partial charge is 0.450 e. The summed E-state index contributed by atoms with van der Waals surface area (Å²) in [6, 6.07) is 0.0880. The molecule has 3 atom stereocenters. The summed E-state index contributed by atoms with van der Waals surface area (Å²) in [4.78, 5) is 26.2. The Bertz CT molecular complexity index is 1160. The second-order valence-corrected chi connectivity index (χ2v) is 8.85. The van der Waals surface area contributed by atoms with Gasteiger partial charge >= 0.3 is 6.09 Å². The van der Waals surface area contributed by atoms with Gasteiger partial charge in [-0.15, -0.1) is 0 Å². The van der Waals surface area contributed by atoms with Crippen molar-refractivity contribution in [3.8, 4) is 0 Å². The lowest BCUT2D eigenvalue weighted by atomic mass is 10.00. The van der Waals surface area contributed by atoms with Crippen molar-refractivity contribution in [3.63, 3.8) is 0 Å². The van der Waals surface area contributed by atoms with Gasteiger partial charge in [-0.3, -0.25) is 13.7 Å². The minimum absolute atomic E-state index is 0.0707. The van der Waals surface area contributed by atoms with Crippen LogP contribution in [0.3, 0.4) is 0 Å². The van der Waals surface area contributed by atoms with Crippen molar-refractivity contribution in [2.24, 2.45) is 13.0 Å². The molecule has 1 aliphatic rings. The molecule has 1 aliphatic heterocycles. The summed E-state index contributed by atoms with van der Waals surface area (Å²) in [6.45, 7) is 1.33. The zero-order valence-electron chi connectivity index (χ0n) is 19.2. The molecular weight excluding hydrogens is 512 g/mol. The van der Waals surface area contributed by atoms with E-state index in [1.165, 1.54) is 11.9 Å². The van der Waals surface area contributed by atoms with Gasteiger partial charge in [0.1, 0.15) is 11.4 Å². The Balaban J connectivity index is 1.94. The Morgan fingerprint density at radius 1 is 1.19 bits per heavy atom. The molecule has 3 unspecified atom stereocenters. The second kappa shape index (κ2) is 11.3. The molecule has 2 aromatic rings. The maximum absolute atomic E-state index is 15.5. The number of hydrogen-bond donors (Lipinski definition) is 3. The van der Waals surface area contributed by atoms with E-state index in [9.17, 15) is 36.6 Å². The third-order valence-corrected chi connectivity index (χ3v) is 6.50. The number of halogens is 4. The highest BCUT2D eigenvalue weighted by atomic mass is 32.2. The highest BCUT2D eigenvalue weighted by Crippen LogP contribution is 2.34. The molecule has 0 aliphatic carbocycles. The summed E-state index contributed by atoms with van der Waals surface area (Å²) < 4.78 is 84.8. The van der Waals surface area contributed by atoms with Gasteiger partial charge in [-0.05, 0) is 13.3 Å². The molecule has 1 aromatic carbocycles. The van der Waals surface area contributed by atoms with E-state index in [1.807, 2.05) is 0 Å². The van der Waals surface area contributed by atoms with Crippen molar-refractivity contribution in [1.29, 1.82) is 0 Å². The Morgan fingerprint density at radius 2 is 1.83 bits per heavy atom. The lowest BCUT2D eigenvalue weighted by Gasteiger charge is -2.29. The molecule has 0 radical (unpaired) electrons. The van der Waals surface area contributed by atoms with E-state index >= 15 is 4.39 Å². The number of amides is 2. The Labute approximate surface area is 205 Å². The quantitative estimate of drug-likeness (QED) is 0.271. The molecule has 2 amide bonds. The summed E-state index contributed by atoms with van der Waals surface area (Å²) in [6.07, 6.45) is 0.504. The smallest absolute Gasteiger partial charge is 0.409 e. The summed E-state index contributed by atoms with van der Waals surface area (Å²) in [5.41, 5.74) is -1.59. The zero-order valence-corrected chi connectivity index (χ0v) is 20.0. The van der Waals surface area contributed by atoms with Crippen molar-refractivity contribution >= 4 is 34.6 Å². The number of rotatable bonds is 8. The molecule has 0 bridgehead atoms. The maximum atomic E-state index is 15.5. The molecule has 0 spiro atoms. The molecule has 0 saturated carbocycles. The average Bonchev–Trinajstić information content (AvgIpc) is 3.33. The first kappa shape index (κ1) is 27.4. The topological polar surface area (TPSA) is 124 Å². The molecule has 1 aromatic heterocycles. The van der Waals surface area contributed by atoms with E-state index in [0.29, 0.717) is 12.1 Å². The van der Waals surface area contributed by atoms with Crippen LogP contribution in [0.4, 0.5) is 33.7 Å². The molecule has 2 heterocycles. The van der Waals surface area contributed by atoms with Crippen LogP contribution in [-0.2, 0) is 23.1 Å². The Kier molecular flexibility index (Phi) is 8.58. The van der Waals surface area contributed by atoms with Crippen LogP contribution in [-0.4, -0.2) is 67.7 Å². The molecular formula is C21H24F4N4O6S. The van der Waals surface area contributed by atoms with Crippen LogP contribution in [0.5, 0.6) is 0 Å². The molecule has 10 nitrogen and oxygen atoms in total. The molecule has 3 N–H and O–H groups in total. The van der Waals surface area contributed by atoms with Gasteiger partial charge in [0.25, 0.3) is 17.2 Å². The van der Waals surface area contributed by atoms with Crippen LogP contribution in [0, 0.1) is 29.2 Å². The van der Waals surface area contributed by atoms with Crippen LogP contribution in [0.2, 0.25) is 0 Å². The third-order valence-electron chi connectivity index (χ3n) is 5.70. The van der Waals surface area contributed by atoms with Gasteiger partial charge in [0.15, 0.2) is 23.3 Å². The van der Waals surface area contributed by atoms with Gasteiger partial charge in [-0.1, -0.05) is 0 Å². The standard InChI is InChI=1S/C21H24F4N4O6S/c1-3-35-21(32)28-8-11(4-5-30)15(10-28)29(36(33)34)16-9-27(2)19(18(16)25)20(31)26-12-6-13(22)17(24)14(23)7-12/h6-7,9,11,15,30H,3-5,8,10H2,1-2H3,(H,26,31)(H,33,34). The number of carbonyl (C=O) groups is 2. The fourth-order valence-corrected chi connectivity index (χ4v) is 4.89. The van der Waals surface area contributed by atoms with Crippen LogP contribution in [0.25, 0.3) is 0 Å². The average molecular weight is 537 g/mol. The summed E-state index contributed by atoms with van der Waals surface area (Å²) >= 11 is -2.82. The molecule has 198 valence electrons. The summed E-state index contributed by atoms with van der Waals surface area (Å²) in [5, 5.41) is 11.5. The first-order valence-electron chi connectivity index (χ1n) is 10.7. The Hall–Kier alpha value is -3.17. The number of aliphatic hydroxyl groups excluding tert-OH is 1. The summed E-state index contributed by atoms with van der Waals surface area (Å²) in [7, 11) is 1.26. The number of anilines is 2. The molecule has 15 heteroatoms. The molecule has 1 saturated heterocycles. The van der Waals surface area contributed by atoms with Crippen LogP contribution in [0.15, 0.2) is 18.3 Å². The fraction of sp³-hybridized carbons (Fsp3) is 0.429. The van der Waals surface area contributed by atoms with Gasteiger partial charge in [-0.2, -0.15) is 0 Å². The number of carbonyl (C=O) groups excluding carboxylic acids is 2. The van der Waals surface area contributed by atoms with Crippen LogP contribution < -0.4 is 9.62 Å². The van der Waals surface area contributed by atoms with E-state index in [1.54, 1.807) is 6.92 Å². The number of benzene rings is 1. The van der Waals surface area contributed by atoms with Gasteiger partial charge in [0.2, 0.25) is 0 Å². The van der Waals surface area contributed by atoms with Crippen molar-refractivity contribution in [3.05, 3.63) is 47.3 Å². The van der Waals surface area contributed by atoms with Crippen molar-refractivity contribution in [2.75, 3.05) is 35.9 Å². The van der Waals surface area contributed by atoms with E-state index in [2.05, 4.69) is 5.32 Å². The van der Waals surface area contributed by atoms with Crippen molar-refractivity contribution in [1.82, 2.24) is 9.47 Å². The van der Waals surface area contributed by atoms with E-state index in [4.69, 9.17) is 4.74 Å². The van der Waals surface area contributed by atoms with Gasteiger partial charge in [-0.25, -0.2) is 26.6 Å².